The van der Waals surface area contributed by atoms with Gasteiger partial charge in [-0.3, -0.25) is 9.59 Å². The monoisotopic (exact) mass is 269 g/mol. The Balaban J connectivity index is 2.03. The summed E-state index contributed by atoms with van der Waals surface area (Å²) >= 11 is 1.01. The molecule has 1 aliphatic rings. The predicted molar refractivity (Wildman–Crippen MR) is 65.5 cm³/mol. The third-order valence-corrected chi connectivity index (χ3v) is 3.64. The van der Waals surface area contributed by atoms with Crippen molar-refractivity contribution in [1.82, 2.24) is 13.6 Å². The molecule has 2 heterocycles. The zero-order chi connectivity index (χ0) is 13.0. The average Bonchev–Trinajstić information content (AvgIpc) is 2.89. The van der Waals surface area contributed by atoms with E-state index in [2.05, 4.69) is 8.75 Å². The maximum absolute atomic E-state index is 12.2. The van der Waals surface area contributed by atoms with Crippen LogP contribution in [0.1, 0.15) is 42.6 Å². The van der Waals surface area contributed by atoms with E-state index in [1.54, 1.807) is 4.90 Å². The van der Waals surface area contributed by atoms with Crippen molar-refractivity contribution in [3.63, 3.8) is 0 Å². The normalized spacial score (nSPS) is 19.8. The Morgan fingerprint density at radius 3 is 3.00 bits per heavy atom. The first-order valence-corrected chi connectivity index (χ1v) is 6.72. The molecule has 6 nitrogen and oxygen atoms in total. The number of amides is 1. The van der Waals surface area contributed by atoms with Gasteiger partial charge < -0.3 is 10.0 Å². The number of nitrogens with zero attached hydrogens (tertiary/aromatic N) is 3. The highest BCUT2D eigenvalue weighted by atomic mass is 32.1. The van der Waals surface area contributed by atoms with Crippen LogP contribution in [0.5, 0.6) is 0 Å². The van der Waals surface area contributed by atoms with Crippen molar-refractivity contribution in [2.24, 2.45) is 0 Å². The van der Waals surface area contributed by atoms with Crippen LogP contribution in [0.25, 0.3) is 0 Å². The largest absolute Gasteiger partial charge is 0.481 e. The second-order valence-corrected chi connectivity index (χ2v) is 4.93. The van der Waals surface area contributed by atoms with E-state index >= 15 is 0 Å². The minimum Gasteiger partial charge on any atom is -0.481 e. The van der Waals surface area contributed by atoms with Gasteiger partial charge in [-0.25, -0.2) is 0 Å². The van der Waals surface area contributed by atoms with E-state index in [1.807, 2.05) is 0 Å². The van der Waals surface area contributed by atoms with Crippen molar-refractivity contribution in [2.45, 2.75) is 38.1 Å². The van der Waals surface area contributed by atoms with Crippen LogP contribution in [-0.2, 0) is 4.79 Å². The molecule has 1 saturated heterocycles. The number of likely N-dealkylation sites (tertiary alicyclic amines) is 1. The fourth-order valence-corrected chi connectivity index (χ4v) is 2.67. The maximum Gasteiger partial charge on any atom is 0.303 e. The number of hydrogen-bond donors (Lipinski definition) is 1. The van der Waals surface area contributed by atoms with Gasteiger partial charge in [0.15, 0.2) is 5.69 Å². The summed E-state index contributed by atoms with van der Waals surface area (Å²) in [4.78, 5) is 24.6. The van der Waals surface area contributed by atoms with Crippen LogP contribution in [0, 0.1) is 0 Å². The molecule has 1 atom stereocenters. The van der Waals surface area contributed by atoms with Crippen molar-refractivity contribution < 1.29 is 14.7 Å². The number of hydrogen-bond acceptors (Lipinski definition) is 5. The zero-order valence-corrected chi connectivity index (χ0v) is 10.7. The average molecular weight is 269 g/mol. The van der Waals surface area contributed by atoms with E-state index < -0.39 is 5.97 Å². The van der Waals surface area contributed by atoms with Gasteiger partial charge >= 0.3 is 5.97 Å². The number of aromatic nitrogens is 2. The summed E-state index contributed by atoms with van der Waals surface area (Å²) in [6, 6.07) is 0.0176. The number of carboxylic acid groups (broad SMARTS) is 1. The fraction of sp³-hybridized carbons (Fsp3) is 0.636. The van der Waals surface area contributed by atoms with E-state index in [9.17, 15) is 9.59 Å². The predicted octanol–water partition coefficient (Wildman–Crippen LogP) is 1.40. The van der Waals surface area contributed by atoms with Gasteiger partial charge in [-0.1, -0.05) is 0 Å². The maximum atomic E-state index is 12.2. The molecule has 18 heavy (non-hydrogen) atoms. The summed E-state index contributed by atoms with van der Waals surface area (Å²) in [5.41, 5.74) is 0.363. The van der Waals surface area contributed by atoms with Gasteiger partial charge in [0.2, 0.25) is 0 Å². The molecule has 7 heteroatoms. The molecule has 1 N–H and O–H groups in total. The first-order valence-electron chi connectivity index (χ1n) is 5.99. The van der Waals surface area contributed by atoms with Crippen LogP contribution in [0.2, 0.25) is 0 Å². The molecule has 0 radical (unpaired) electrons. The Kier molecular flexibility index (Phi) is 4.24. The van der Waals surface area contributed by atoms with Crippen molar-refractivity contribution in [2.75, 3.05) is 6.54 Å². The van der Waals surface area contributed by atoms with E-state index in [0.29, 0.717) is 18.7 Å². The minimum atomic E-state index is -0.816. The number of rotatable bonds is 4. The molecule has 0 aliphatic carbocycles. The van der Waals surface area contributed by atoms with Crippen molar-refractivity contribution in [1.29, 1.82) is 0 Å². The summed E-state index contributed by atoms with van der Waals surface area (Å²) in [5.74, 6) is -0.942. The molecule has 98 valence electrons. The molecule has 0 bridgehead atoms. The zero-order valence-electron chi connectivity index (χ0n) is 9.91. The molecule has 1 unspecified atom stereocenters. The molecule has 1 aromatic heterocycles. The SMILES string of the molecule is O=C(O)CCC1CCCCN1C(=O)c1cnsn1. The van der Waals surface area contributed by atoms with Gasteiger partial charge in [-0.2, -0.15) is 8.75 Å². The van der Waals surface area contributed by atoms with E-state index in [1.165, 1.54) is 6.20 Å². The van der Waals surface area contributed by atoms with Gasteiger partial charge in [0, 0.05) is 19.0 Å². The number of aliphatic carboxylic acids is 1. The van der Waals surface area contributed by atoms with E-state index in [-0.39, 0.29) is 18.4 Å². The summed E-state index contributed by atoms with van der Waals surface area (Å²) in [5, 5.41) is 8.73. The second-order valence-electron chi connectivity index (χ2n) is 4.37. The molecule has 0 spiro atoms. The fourth-order valence-electron chi connectivity index (χ4n) is 2.26. The minimum absolute atomic E-state index is 0.0176. The summed E-state index contributed by atoms with van der Waals surface area (Å²) in [7, 11) is 0. The van der Waals surface area contributed by atoms with Gasteiger partial charge in [-0.15, -0.1) is 0 Å². The van der Waals surface area contributed by atoms with Crippen molar-refractivity contribution in [3.8, 4) is 0 Å². The highest BCUT2D eigenvalue weighted by Crippen LogP contribution is 2.22. The van der Waals surface area contributed by atoms with Crippen molar-refractivity contribution >= 4 is 23.6 Å². The molecule has 2 rings (SSSR count). The number of piperidine rings is 1. The van der Waals surface area contributed by atoms with E-state index in [4.69, 9.17) is 5.11 Å². The third kappa shape index (κ3) is 3.04. The van der Waals surface area contributed by atoms with Crippen LogP contribution < -0.4 is 0 Å². The second kappa shape index (κ2) is 5.90. The smallest absolute Gasteiger partial charge is 0.303 e. The molecule has 1 amide bonds. The van der Waals surface area contributed by atoms with Crippen LogP contribution in [0.3, 0.4) is 0 Å². The van der Waals surface area contributed by atoms with Gasteiger partial charge in [0.25, 0.3) is 5.91 Å². The Morgan fingerprint density at radius 2 is 2.33 bits per heavy atom. The molecular weight excluding hydrogens is 254 g/mol. The lowest BCUT2D eigenvalue weighted by atomic mass is 9.97. The Hall–Kier alpha value is -1.50. The van der Waals surface area contributed by atoms with Crippen LogP contribution in [0.4, 0.5) is 0 Å². The Bertz CT molecular complexity index is 421. The lowest BCUT2D eigenvalue weighted by molar-refractivity contribution is -0.137. The molecule has 1 aromatic rings. The summed E-state index contributed by atoms with van der Waals surface area (Å²) in [6.07, 6.45) is 4.96. The number of carboxylic acids is 1. The Morgan fingerprint density at radius 1 is 1.50 bits per heavy atom. The molecular formula is C11H15N3O3S. The molecule has 0 saturated carbocycles. The van der Waals surface area contributed by atoms with Crippen LogP contribution >= 0.6 is 11.7 Å². The molecule has 1 aliphatic heterocycles. The first kappa shape index (κ1) is 12.9. The van der Waals surface area contributed by atoms with Crippen LogP contribution in [0.15, 0.2) is 6.20 Å². The van der Waals surface area contributed by atoms with Gasteiger partial charge in [-0.05, 0) is 25.7 Å². The van der Waals surface area contributed by atoms with E-state index in [0.717, 1.165) is 31.0 Å². The summed E-state index contributed by atoms with van der Waals surface area (Å²) in [6.45, 7) is 0.681. The van der Waals surface area contributed by atoms with Crippen LogP contribution in [-0.4, -0.2) is 43.2 Å². The molecule has 1 fully saturated rings. The Labute approximate surface area is 109 Å². The third-order valence-electron chi connectivity index (χ3n) is 3.16. The standard InChI is InChI=1S/C11H15N3O3S/c15-10(16)5-4-8-3-1-2-6-14(8)11(17)9-7-12-18-13-9/h7-8H,1-6H2,(H,15,16). The highest BCUT2D eigenvalue weighted by molar-refractivity contribution is 6.99. The number of carbonyl (C=O) groups excluding carboxylic acids is 1. The lowest BCUT2D eigenvalue weighted by Gasteiger charge is -2.35. The molecule has 0 aromatic carbocycles. The first-order chi connectivity index (χ1) is 8.68. The van der Waals surface area contributed by atoms with Gasteiger partial charge in [0.05, 0.1) is 17.9 Å². The summed E-state index contributed by atoms with van der Waals surface area (Å²) < 4.78 is 7.77. The lowest BCUT2D eigenvalue weighted by Crippen LogP contribution is -2.44. The van der Waals surface area contributed by atoms with Crippen molar-refractivity contribution in [3.05, 3.63) is 11.9 Å². The van der Waals surface area contributed by atoms with Gasteiger partial charge in [0.1, 0.15) is 0 Å². The quantitative estimate of drug-likeness (QED) is 0.893. The highest BCUT2D eigenvalue weighted by Gasteiger charge is 2.28. The topological polar surface area (TPSA) is 83.4 Å². The number of carbonyl (C=O) groups is 2.